The number of carboxylic acid groups (broad SMARTS) is 1. The maximum absolute atomic E-state index is 12.5. The zero-order valence-electron chi connectivity index (χ0n) is 18.2. The molecule has 33 heavy (non-hydrogen) atoms. The van der Waals surface area contributed by atoms with E-state index in [4.69, 9.17) is 14.6 Å². The van der Waals surface area contributed by atoms with Crippen LogP contribution in [0.3, 0.4) is 0 Å². The third-order valence-electron chi connectivity index (χ3n) is 4.59. The number of hydrogen-bond donors (Lipinski definition) is 3. The van der Waals surface area contributed by atoms with Crippen LogP contribution in [0.2, 0.25) is 0 Å². The van der Waals surface area contributed by atoms with Gasteiger partial charge in [-0.25, -0.2) is 9.59 Å². The molecule has 0 spiro atoms. The van der Waals surface area contributed by atoms with E-state index in [0.29, 0.717) is 43.4 Å². The Kier molecular flexibility index (Phi) is 9.06. The van der Waals surface area contributed by atoms with Gasteiger partial charge in [-0.3, -0.25) is 18.9 Å². The molecule has 2 aromatic heterocycles. The van der Waals surface area contributed by atoms with Crippen LogP contribution in [0.1, 0.15) is 13.8 Å². The fourth-order valence-corrected chi connectivity index (χ4v) is 3.08. The van der Waals surface area contributed by atoms with E-state index >= 15 is 0 Å². The second-order valence-electron chi connectivity index (χ2n) is 6.74. The number of halogens is 3. The van der Waals surface area contributed by atoms with Crippen LogP contribution in [0, 0.1) is 11.8 Å². The van der Waals surface area contributed by atoms with Crippen molar-refractivity contribution in [2.24, 2.45) is 0 Å². The van der Waals surface area contributed by atoms with Gasteiger partial charge in [-0.05, 0) is 13.8 Å². The van der Waals surface area contributed by atoms with Gasteiger partial charge in [0.05, 0.1) is 19.7 Å². The number of aromatic amines is 1. The number of aliphatic carboxylic acids is 1. The molecule has 0 saturated carbocycles. The minimum absolute atomic E-state index is 0.331. The lowest BCUT2D eigenvalue weighted by molar-refractivity contribution is -0.192. The van der Waals surface area contributed by atoms with E-state index < -0.39 is 23.4 Å². The summed E-state index contributed by atoms with van der Waals surface area (Å²) in [5.41, 5.74) is -0.160. The van der Waals surface area contributed by atoms with Crippen LogP contribution in [0.25, 0.3) is 11.2 Å². The second-order valence-corrected chi connectivity index (χ2v) is 6.74. The molecule has 0 amide bonds. The normalized spacial score (nSPS) is 13.8. The number of rotatable bonds is 6. The first-order chi connectivity index (χ1) is 15.6. The molecule has 1 saturated heterocycles. The van der Waals surface area contributed by atoms with Crippen molar-refractivity contribution in [3.8, 4) is 11.8 Å². The smallest absolute Gasteiger partial charge is 0.475 e. The number of aromatic nitrogens is 4. The number of piperazine rings is 1. The number of alkyl halides is 3. The predicted octanol–water partition coefficient (Wildman–Crippen LogP) is -0.0110. The minimum Gasteiger partial charge on any atom is -0.475 e. The van der Waals surface area contributed by atoms with Crippen LogP contribution in [-0.2, 0) is 22.6 Å². The van der Waals surface area contributed by atoms with E-state index in [0.717, 1.165) is 26.2 Å². The topological polar surface area (TPSA) is 134 Å². The van der Waals surface area contributed by atoms with Crippen molar-refractivity contribution in [1.29, 1.82) is 0 Å². The van der Waals surface area contributed by atoms with E-state index in [1.165, 1.54) is 4.57 Å². The highest BCUT2D eigenvalue weighted by Gasteiger charge is 2.38. The Morgan fingerprint density at radius 3 is 2.42 bits per heavy atom. The van der Waals surface area contributed by atoms with Crippen LogP contribution in [0.5, 0.6) is 0 Å². The Balaban J connectivity index is 0.000000479. The van der Waals surface area contributed by atoms with Crippen molar-refractivity contribution in [1.82, 2.24) is 24.4 Å². The molecule has 0 bridgehead atoms. The van der Waals surface area contributed by atoms with Crippen molar-refractivity contribution in [2.45, 2.75) is 33.1 Å². The van der Waals surface area contributed by atoms with E-state index in [1.807, 2.05) is 6.92 Å². The molecule has 0 aromatic carbocycles. The molecule has 0 atom stereocenters. The first-order valence-corrected chi connectivity index (χ1v) is 10.1. The molecular weight excluding hydrogens is 449 g/mol. The fourth-order valence-electron chi connectivity index (χ4n) is 3.08. The average molecular weight is 474 g/mol. The highest BCUT2D eigenvalue weighted by Crippen LogP contribution is 2.20. The molecule has 0 radical (unpaired) electrons. The Bertz CT molecular complexity index is 1140. The number of nitrogens with zero attached hydrogens (tertiary/aromatic N) is 4. The fraction of sp³-hybridized carbons (Fsp3) is 0.579. The van der Waals surface area contributed by atoms with Crippen LogP contribution in [0.15, 0.2) is 9.59 Å². The summed E-state index contributed by atoms with van der Waals surface area (Å²) in [7, 11) is 0. The predicted molar refractivity (Wildman–Crippen MR) is 113 cm³/mol. The van der Waals surface area contributed by atoms with Crippen molar-refractivity contribution >= 4 is 23.1 Å². The average Bonchev–Trinajstić information content (AvgIpc) is 3.14. The third kappa shape index (κ3) is 6.59. The van der Waals surface area contributed by atoms with Gasteiger partial charge in [0.15, 0.2) is 11.2 Å². The molecule has 0 unspecified atom stereocenters. The molecule has 2 aromatic rings. The molecule has 1 aliphatic rings. The zero-order valence-corrected chi connectivity index (χ0v) is 18.2. The van der Waals surface area contributed by atoms with Crippen molar-refractivity contribution in [3.63, 3.8) is 0 Å². The maximum Gasteiger partial charge on any atom is 0.490 e. The van der Waals surface area contributed by atoms with Gasteiger partial charge in [0.25, 0.3) is 5.56 Å². The minimum atomic E-state index is -5.08. The van der Waals surface area contributed by atoms with Crippen LogP contribution in [-0.4, -0.2) is 75.7 Å². The Morgan fingerprint density at radius 1 is 1.24 bits per heavy atom. The number of fused-ring (bicyclic) bond motifs is 1. The largest absolute Gasteiger partial charge is 0.490 e. The van der Waals surface area contributed by atoms with Gasteiger partial charge >= 0.3 is 17.8 Å². The van der Waals surface area contributed by atoms with E-state index in [1.54, 1.807) is 11.5 Å². The summed E-state index contributed by atoms with van der Waals surface area (Å²) < 4.78 is 40.4. The number of hydrogen-bond acceptors (Lipinski definition) is 7. The van der Waals surface area contributed by atoms with Gasteiger partial charge in [0, 0.05) is 32.8 Å². The highest BCUT2D eigenvalue weighted by molar-refractivity contribution is 5.75. The van der Waals surface area contributed by atoms with E-state index in [9.17, 15) is 22.8 Å². The van der Waals surface area contributed by atoms with Crippen LogP contribution in [0.4, 0.5) is 19.1 Å². The summed E-state index contributed by atoms with van der Waals surface area (Å²) in [6, 6.07) is 0. The molecular formula is C19H25F3N6O5. The first kappa shape index (κ1) is 25.9. The number of anilines is 1. The summed E-state index contributed by atoms with van der Waals surface area (Å²) >= 11 is 0. The van der Waals surface area contributed by atoms with Crippen molar-refractivity contribution in [2.75, 3.05) is 44.3 Å². The van der Waals surface area contributed by atoms with Gasteiger partial charge in [-0.2, -0.15) is 18.2 Å². The zero-order chi connectivity index (χ0) is 24.6. The summed E-state index contributed by atoms with van der Waals surface area (Å²) in [5, 5.41) is 10.4. The van der Waals surface area contributed by atoms with Crippen LogP contribution >= 0.6 is 0 Å². The Hall–Kier alpha value is -3.31. The van der Waals surface area contributed by atoms with Crippen molar-refractivity contribution in [3.05, 3.63) is 20.8 Å². The molecule has 1 aliphatic heterocycles. The summed E-state index contributed by atoms with van der Waals surface area (Å²) in [5.74, 6) is 3.77. The Labute approximate surface area is 186 Å². The lowest BCUT2D eigenvalue weighted by Gasteiger charge is -2.28. The SMILES string of the molecule is CC#CCn1c(N2CCNCC2)nc2c1c(=O)[nH]c(=O)n2CCOCC.O=C(O)C(F)(F)F. The van der Waals surface area contributed by atoms with Gasteiger partial charge in [-0.1, -0.05) is 5.92 Å². The maximum atomic E-state index is 12.5. The van der Waals surface area contributed by atoms with Gasteiger partial charge in [0.2, 0.25) is 5.95 Å². The van der Waals surface area contributed by atoms with Gasteiger partial charge < -0.3 is 20.1 Å². The molecule has 3 N–H and O–H groups in total. The molecule has 1 fully saturated rings. The molecule has 3 heterocycles. The standard InChI is InChI=1S/C17H24N6O3.C2HF3O2/c1-3-5-8-22-13-14(19-16(22)21-9-6-18-7-10-21)23(11-12-26-4-2)17(25)20-15(13)24;3-2(4,5)1(6)7/h18H,4,6-12H2,1-2H3,(H,20,24,25);(H,6,7). The molecule has 182 valence electrons. The molecule has 14 heteroatoms. The van der Waals surface area contributed by atoms with Gasteiger partial charge in [-0.15, -0.1) is 5.92 Å². The summed E-state index contributed by atoms with van der Waals surface area (Å²) in [4.78, 5) is 42.9. The number of carbonyl (C=O) groups is 1. The van der Waals surface area contributed by atoms with Crippen LogP contribution < -0.4 is 21.5 Å². The second kappa shape index (κ2) is 11.5. The lowest BCUT2D eigenvalue weighted by Crippen LogP contribution is -2.44. The quantitative estimate of drug-likeness (QED) is 0.393. The van der Waals surface area contributed by atoms with Gasteiger partial charge in [0.1, 0.15) is 0 Å². The summed E-state index contributed by atoms with van der Waals surface area (Å²) in [6.07, 6.45) is -5.08. The number of H-pyrrole nitrogens is 1. The molecule has 11 nitrogen and oxygen atoms in total. The Morgan fingerprint density at radius 2 is 1.88 bits per heavy atom. The van der Waals surface area contributed by atoms with E-state index in [-0.39, 0.29) is 0 Å². The molecule has 0 aliphatic carbocycles. The monoisotopic (exact) mass is 474 g/mol. The number of carboxylic acids is 1. The summed E-state index contributed by atoms with van der Waals surface area (Å²) in [6.45, 7) is 8.52. The number of nitrogens with one attached hydrogen (secondary N) is 2. The third-order valence-corrected chi connectivity index (χ3v) is 4.59. The molecule has 3 rings (SSSR count). The highest BCUT2D eigenvalue weighted by atomic mass is 19.4. The lowest BCUT2D eigenvalue weighted by atomic mass is 10.4. The van der Waals surface area contributed by atoms with Crippen molar-refractivity contribution < 1.29 is 27.8 Å². The van der Waals surface area contributed by atoms with E-state index in [2.05, 4.69) is 32.0 Å². The number of ether oxygens (including phenoxy) is 1. The number of imidazole rings is 1. The first-order valence-electron chi connectivity index (χ1n) is 10.1.